The average Bonchev–Trinajstić information content (AvgIpc) is 2.28. The molecule has 0 spiro atoms. The van der Waals surface area contributed by atoms with Gasteiger partial charge in [0.05, 0.1) is 6.10 Å². The van der Waals surface area contributed by atoms with E-state index in [-0.39, 0.29) is 6.04 Å². The molecule has 0 amide bonds. The topological polar surface area (TPSA) is 95.7 Å². The van der Waals surface area contributed by atoms with Crippen molar-refractivity contribution in [3.63, 3.8) is 0 Å². The van der Waals surface area contributed by atoms with Crippen LogP contribution in [-0.4, -0.2) is 38.0 Å². The summed E-state index contributed by atoms with van der Waals surface area (Å²) in [4.78, 5) is 0. The van der Waals surface area contributed by atoms with Gasteiger partial charge in [-0.2, -0.15) is 12.7 Å². The predicted octanol–water partition coefficient (Wildman–Crippen LogP) is 0.286. The molecule has 0 aliphatic rings. The van der Waals surface area contributed by atoms with Crippen molar-refractivity contribution >= 4 is 15.9 Å². The normalized spacial score (nSPS) is 15.4. The van der Waals surface area contributed by atoms with E-state index in [0.717, 1.165) is 4.31 Å². The first kappa shape index (κ1) is 14.9. The minimum absolute atomic E-state index is 0.380. The highest BCUT2D eigenvalue weighted by Gasteiger charge is 2.14. The summed E-state index contributed by atoms with van der Waals surface area (Å²) < 4.78 is 26.6. The van der Waals surface area contributed by atoms with Gasteiger partial charge in [0, 0.05) is 25.8 Å². The zero-order valence-electron chi connectivity index (χ0n) is 10.7. The molecule has 1 aromatic carbocycles. The van der Waals surface area contributed by atoms with Crippen LogP contribution in [0.2, 0.25) is 0 Å². The summed E-state index contributed by atoms with van der Waals surface area (Å²) in [6.45, 7) is 1.70. The molecule has 2 atom stereocenters. The number of rotatable bonds is 5. The Morgan fingerprint density at radius 3 is 2.17 bits per heavy atom. The van der Waals surface area contributed by atoms with Gasteiger partial charge in [0.15, 0.2) is 0 Å². The van der Waals surface area contributed by atoms with E-state index in [1.807, 2.05) is 0 Å². The summed E-state index contributed by atoms with van der Waals surface area (Å²) in [6.07, 6.45) is -0.760. The minimum atomic E-state index is -3.50. The lowest BCUT2D eigenvalue weighted by Gasteiger charge is -2.16. The molecule has 0 heterocycles. The maximum Gasteiger partial charge on any atom is 0.301 e. The summed E-state index contributed by atoms with van der Waals surface area (Å²) >= 11 is 0. The molecule has 0 fully saturated rings. The summed E-state index contributed by atoms with van der Waals surface area (Å²) in [7, 11) is -0.622. The lowest BCUT2D eigenvalue weighted by atomic mass is 10.0. The van der Waals surface area contributed by atoms with Gasteiger partial charge in [-0.15, -0.1) is 0 Å². The van der Waals surface area contributed by atoms with Crippen LogP contribution >= 0.6 is 0 Å². The predicted molar refractivity (Wildman–Crippen MR) is 71.3 cm³/mol. The number of nitrogens with one attached hydrogen (secondary N) is 1. The van der Waals surface area contributed by atoms with Crippen molar-refractivity contribution < 1.29 is 13.5 Å². The Bertz CT molecular complexity index is 483. The first-order chi connectivity index (χ1) is 8.24. The fourth-order valence-electron chi connectivity index (χ4n) is 1.29. The van der Waals surface area contributed by atoms with Gasteiger partial charge in [-0.25, -0.2) is 0 Å². The van der Waals surface area contributed by atoms with Crippen molar-refractivity contribution in [1.82, 2.24) is 4.31 Å². The van der Waals surface area contributed by atoms with Crippen LogP contribution in [0.1, 0.15) is 18.6 Å². The second kappa shape index (κ2) is 5.66. The SMILES string of the molecule is CC(N)C(O)c1ccc(NS(=O)(=O)N(C)C)cc1. The third-order valence-corrected chi connectivity index (χ3v) is 3.93. The highest BCUT2D eigenvalue weighted by molar-refractivity contribution is 7.90. The summed E-state index contributed by atoms with van der Waals surface area (Å²) in [5.74, 6) is 0. The van der Waals surface area contributed by atoms with E-state index in [4.69, 9.17) is 5.73 Å². The van der Waals surface area contributed by atoms with Crippen molar-refractivity contribution in [2.24, 2.45) is 5.73 Å². The van der Waals surface area contributed by atoms with Gasteiger partial charge >= 0.3 is 10.2 Å². The van der Waals surface area contributed by atoms with E-state index in [1.54, 1.807) is 31.2 Å². The van der Waals surface area contributed by atoms with E-state index < -0.39 is 16.3 Å². The van der Waals surface area contributed by atoms with E-state index in [1.165, 1.54) is 14.1 Å². The fraction of sp³-hybridized carbons (Fsp3) is 0.455. The molecule has 0 radical (unpaired) electrons. The second-order valence-electron chi connectivity index (χ2n) is 4.32. The van der Waals surface area contributed by atoms with Gasteiger partial charge < -0.3 is 10.8 Å². The molecule has 102 valence electrons. The fourth-order valence-corrected chi connectivity index (χ4v) is 1.91. The third kappa shape index (κ3) is 3.67. The number of anilines is 1. The van der Waals surface area contributed by atoms with E-state index in [9.17, 15) is 13.5 Å². The van der Waals surface area contributed by atoms with Gasteiger partial charge in [-0.05, 0) is 24.6 Å². The second-order valence-corrected chi connectivity index (χ2v) is 6.20. The van der Waals surface area contributed by atoms with Crippen molar-refractivity contribution in [3.8, 4) is 0 Å². The first-order valence-electron chi connectivity index (χ1n) is 5.48. The first-order valence-corrected chi connectivity index (χ1v) is 6.92. The smallest absolute Gasteiger partial charge is 0.301 e. The molecular formula is C11H19N3O3S. The summed E-state index contributed by atoms with van der Waals surface area (Å²) in [5.41, 5.74) is 6.66. The molecule has 0 saturated carbocycles. The zero-order chi connectivity index (χ0) is 13.9. The standard InChI is InChI=1S/C11H19N3O3S/c1-8(12)11(15)9-4-6-10(7-5-9)13-18(16,17)14(2)3/h4-8,11,13,15H,12H2,1-3H3. The van der Waals surface area contributed by atoms with Crippen LogP contribution in [0, 0.1) is 0 Å². The molecular weight excluding hydrogens is 254 g/mol. The van der Waals surface area contributed by atoms with E-state index >= 15 is 0 Å². The Morgan fingerprint density at radius 1 is 1.28 bits per heavy atom. The number of hydrogen-bond acceptors (Lipinski definition) is 4. The molecule has 2 unspecified atom stereocenters. The van der Waals surface area contributed by atoms with E-state index in [0.29, 0.717) is 11.3 Å². The zero-order valence-corrected chi connectivity index (χ0v) is 11.5. The van der Waals surface area contributed by atoms with Gasteiger partial charge in [0.25, 0.3) is 0 Å². The van der Waals surface area contributed by atoms with Crippen molar-refractivity contribution in [2.75, 3.05) is 18.8 Å². The number of benzene rings is 1. The highest BCUT2D eigenvalue weighted by atomic mass is 32.2. The van der Waals surface area contributed by atoms with Gasteiger partial charge in [-0.3, -0.25) is 4.72 Å². The van der Waals surface area contributed by atoms with Crippen LogP contribution in [0.3, 0.4) is 0 Å². The minimum Gasteiger partial charge on any atom is -0.387 e. The summed E-state index contributed by atoms with van der Waals surface area (Å²) in [6, 6.07) is 6.07. The average molecular weight is 273 g/mol. The van der Waals surface area contributed by atoms with Crippen LogP contribution in [0.25, 0.3) is 0 Å². The lowest BCUT2D eigenvalue weighted by molar-refractivity contribution is 0.153. The maximum absolute atomic E-state index is 11.6. The number of aliphatic hydroxyl groups is 1. The molecule has 0 aromatic heterocycles. The van der Waals surface area contributed by atoms with Crippen LogP contribution in [-0.2, 0) is 10.2 Å². The molecule has 1 rings (SSSR count). The molecule has 6 nitrogen and oxygen atoms in total. The largest absolute Gasteiger partial charge is 0.387 e. The van der Waals surface area contributed by atoms with Crippen LogP contribution < -0.4 is 10.5 Å². The molecule has 0 saturated heterocycles. The number of nitrogens with two attached hydrogens (primary N) is 1. The van der Waals surface area contributed by atoms with Gasteiger partial charge in [0.1, 0.15) is 0 Å². The Balaban J connectivity index is 2.85. The van der Waals surface area contributed by atoms with Crippen LogP contribution in [0.5, 0.6) is 0 Å². The van der Waals surface area contributed by atoms with Gasteiger partial charge in [-0.1, -0.05) is 12.1 Å². The number of aliphatic hydroxyl groups excluding tert-OH is 1. The summed E-state index contributed by atoms with van der Waals surface area (Å²) in [5, 5.41) is 9.74. The molecule has 1 aromatic rings. The Morgan fingerprint density at radius 2 is 1.78 bits per heavy atom. The molecule has 4 N–H and O–H groups in total. The van der Waals surface area contributed by atoms with Crippen molar-refractivity contribution in [2.45, 2.75) is 19.1 Å². The van der Waals surface area contributed by atoms with Crippen LogP contribution in [0.4, 0.5) is 5.69 Å². The third-order valence-electron chi connectivity index (χ3n) is 2.48. The molecule has 0 bridgehead atoms. The van der Waals surface area contributed by atoms with Crippen molar-refractivity contribution in [1.29, 1.82) is 0 Å². The Kier molecular flexibility index (Phi) is 4.69. The number of nitrogens with zero attached hydrogens (tertiary/aromatic N) is 1. The lowest BCUT2D eigenvalue weighted by Crippen LogP contribution is -2.29. The molecule has 0 aliphatic heterocycles. The Labute approximate surface area is 108 Å². The van der Waals surface area contributed by atoms with Gasteiger partial charge in [0.2, 0.25) is 0 Å². The quantitative estimate of drug-likeness (QED) is 0.718. The molecule has 0 aliphatic carbocycles. The van der Waals surface area contributed by atoms with Crippen LogP contribution in [0.15, 0.2) is 24.3 Å². The Hall–Kier alpha value is -1.15. The monoisotopic (exact) mass is 273 g/mol. The van der Waals surface area contributed by atoms with E-state index in [2.05, 4.69) is 4.72 Å². The van der Waals surface area contributed by atoms with Crippen molar-refractivity contribution in [3.05, 3.63) is 29.8 Å². The highest BCUT2D eigenvalue weighted by Crippen LogP contribution is 2.19. The maximum atomic E-state index is 11.6. The molecule has 18 heavy (non-hydrogen) atoms. The number of hydrogen-bond donors (Lipinski definition) is 3. The molecule has 7 heteroatoms.